The number of hydrogen-bond acceptors (Lipinski definition) is 4. The van der Waals surface area contributed by atoms with Crippen molar-refractivity contribution >= 4 is 26.0 Å². The van der Waals surface area contributed by atoms with Crippen LogP contribution in [0, 0.1) is 0 Å². The van der Waals surface area contributed by atoms with Gasteiger partial charge < -0.3 is 10.5 Å². The number of halogens is 1. The second-order valence-electron chi connectivity index (χ2n) is 4.53. The Bertz CT molecular complexity index is 528. The largest absolute Gasteiger partial charge is 0.383 e. The highest BCUT2D eigenvalue weighted by molar-refractivity contribution is 9.10. The first-order chi connectivity index (χ1) is 9.44. The normalized spacial score (nSPS) is 13.4. The Labute approximate surface area is 129 Å². The minimum atomic E-state index is -3.60. The molecule has 0 aliphatic rings. The lowest BCUT2D eigenvalue weighted by Crippen LogP contribution is -2.38. The van der Waals surface area contributed by atoms with E-state index in [0.29, 0.717) is 17.6 Å². The number of nitrogens with two attached hydrogens (primary N) is 1. The van der Waals surface area contributed by atoms with Gasteiger partial charge in [-0.2, -0.15) is 0 Å². The average molecular weight is 365 g/mol. The minimum absolute atomic E-state index is 0.206. The predicted molar refractivity (Wildman–Crippen MR) is 82.9 cm³/mol. The van der Waals surface area contributed by atoms with Crippen molar-refractivity contribution in [3.8, 4) is 0 Å². The summed E-state index contributed by atoms with van der Waals surface area (Å²) in [7, 11) is -2.04. The Hall–Kier alpha value is -0.470. The van der Waals surface area contributed by atoms with Crippen LogP contribution in [0.3, 0.4) is 0 Å². The van der Waals surface area contributed by atoms with E-state index in [4.69, 9.17) is 10.5 Å². The molecular formula is C13H21BrN2O3S. The highest BCUT2D eigenvalue weighted by Gasteiger charge is 2.22. The minimum Gasteiger partial charge on any atom is -0.383 e. The Kier molecular flexibility index (Phi) is 7.11. The van der Waals surface area contributed by atoms with Gasteiger partial charge in [0, 0.05) is 24.2 Å². The maximum atomic E-state index is 12.4. The van der Waals surface area contributed by atoms with Crippen LogP contribution < -0.4 is 10.5 Å². The van der Waals surface area contributed by atoms with Gasteiger partial charge in [-0.1, -0.05) is 19.4 Å². The second kappa shape index (κ2) is 8.09. The molecule has 1 rings (SSSR count). The number of rotatable bonds is 8. The molecule has 1 atom stereocenters. The molecule has 0 bridgehead atoms. The fourth-order valence-electron chi connectivity index (χ4n) is 1.89. The molecule has 0 saturated carbocycles. The molecule has 114 valence electrons. The van der Waals surface area contributed by atoms with Gasteiger partial charge in [0.15, 0.2) is 0 Å². The molecule has 0 radical (unpaired) electrons. The lowest BCUT2D eigenvalue weighted by atomic mass is 10.2. The summed E-state index contributed by atoms with van der Waals surface area (Å²) >= 11 is 3.27. The van der Waals surface area contributed by atoms with Gasteiger partial charge in [-0.25, -0.2) is 13.1 Å². The van der Waals surface area contributed by atoms with Gasteiger partial charge in [0.2, 0.25) is 10.0 Å². The van der Waals surface area contributed by atoms with E-state index >= 15 is 0 Å². The van der Waals surface area contributed by atoms with Crippen molar-refractivity contribution < 1.29 is 13.2 Å². The van der Waals surface area contributed by atoms with Crippen LogP contribution >= 0.6 is 15.9 Å². The Morgan fingerprint density at radius 1 is 1.45 bits per heavy atom. The van der Waals surface area contributed by atoms with E-state index in [9.17, 15) is 8.42 Å². The summed E-state index contributed by atoms with van der Waals surface area (Å²) in [6.45, 7) is 2.65. The number of ether oxygens (including phenoxy) is 1. The third-order valence-corrected chi connectivity index (χ3v) is 5.36. The van der Waals surface area contributed by atoms with E-state index in [-0.39, 0.29) is 10.9 Å². The highest BCUT2D eigenvalue weighted by Crippen LogP contribution is 2.23. The smallest absolute Gasteiger partial charge is 0.242 e. The third kappa shape index (κ3) is 4.82. The number of methoxy groups -OCH3 is 1. The molecule has 0 aliphatic heterocycles. The summed E-state index contributed by atoms with van der Waals surface area (Å²) in [6.07, 6.45) is 1.60. The summed E-state index contributed by atoms with van der Waals surface area (Å²) in [5.74, 6) is 0. The van der Waals surface area contributed by atoms with E-state index in [1.54, 1.807) is 25.3 Å². The van der Waals surface area contributed by atoms with Gasteiger partial charge in [-0.15, -0.1) is 0 Å². The van der Waals surface area contributed by atoms with Crippen LogP contribution in [0.25, 0.3) is 0 Å². The molecule has 20 heavy (non-hydrogen) atoms. The molecule has 5 nitrogen and oxygen atoms in total. The van der Waals surface area contributed by atoms with Crippen LogP contribution in [0.15, 0.2) is 27.6 Å². The highest BCUT2D eigenvalue weighted by atomic mass is 79.9. The fraction of sp³-hybridized carbons (Fsp3) is 0.538. The number of hydrogen-bond donors (Lipinski definition) is 2. The maximum absolute atomic E-state index is 12.4. The van der Waals surface area contributed by atoms with Crippen LogP contribution in [0.5, 0.6) is 0 Å². The van der Waals surface area contributed by atoms with Crippen molar-refractivity contribution in [1.29, 1.82) is 0 Å². The van der Waals surface area contributed by atoms with Gasteiger partial charge in [0.25, 0.3) is 0 Å². The third-order valence-electron chi connectivity index (χ3n) is 2.85. The zero-order valence-electron chi connectivity index (χ0n) is 11.7. The van der Waals surface area contributed by atoms with E-state index in [1.807, 2.05) is 6.92 Å². The number of nitrogens with one attached hydrogen (secondary N) is 1. The first-order valence-corrected chi connectivity index (χ1v) is 8.72. The molecular weight excluding hydrogens is 344 g/mol. The monoisotopic (exact) mass is 364 g/mol. The molecule has 1 aromatic rings. The Balaban J connectivity index is 3.03. The fourth-order valence-corrected chi connectivity index (χ4v) is 4.16. The van der Waals surface area contributed by atoms with Crippen molar-refractivity contribution in [2.75, 3.05) is 13.7 Å². The zero-order chi connectivity index (χ0) is 15.2. The predicted octanol–water partition coefficient (Wildman–Crippen LogP) is 2.00. The summed E-state index contributed by atoms with van der Waals surface area (Å²) in [5, 5.41) is 0. The van der Waals surface area contributed by atoms with E-state index in [2.05, 4.69) is 20.7 Å². The van der Waals surface area contributed by atoms with Gasteiger partial charge in [-0.3, -0.25) is 0 Å². The molecule has 0 fully saturated rings. The summed E-state index contributed by atoms with van der Waals surface area (Å²) < 4.78 is 33.1. The molecule has 3 N–H and O–H groups in total. The summed E-state index contributed by atoms with van der Waals surface area (Å²) in [4.78, 5) is 0.206. The van der Waals surface area contributed by atoms with Crippen molar-refractivity contribution in [3.63, 3.8) is 0 Å². The first kappa shape index (κ1) is 17.6. The molecule has 0 aromatic heterocycles. The van der Waals surface area contributed by atoms with Crippen molar-refractivity contribution in [2.45, 2.75) is 37.2 Å². The molecule has 0 saturated heterocycles. The standard InChI is InChI=1S/C13H21BrN2O3S/c1-3-4-11(9-19-2)16-20(17,18)13-7-10(8-15)5-6-12(13)14/h5-7,11,16H,3-4,8-9,15H2,1-2H3. The topological polar surface area (TPSA) is 81.4 Å². The van der Waals surface area contributed by atoms with Gasteiger partial charge in [0.1, 0.15) is 0 Å². The number of benzene rings is 1. The van der Waals surface area contributed by atoms with E-state index in [0.717, 1.165) is 18.4 Å². The lowest BCUT2D eigenvalue weighted by molar-refractivity contribution is 0.171. The molecule has 0 spiro atoms. The number of sulfonamides is 1. The zero-order valence-corrected chi connectivity index (χ0v) is 14.1. The molecule has 0 amide bonds. The Morgan fingerprint density at radius 2 is 2.15 bits per heavy atom. The summed E-state index contributed by atoms with van der Waals surface area (Å²) in [5.41, 5.74) is 6.33. The lowest BCUT2D eigenvalue weighted by Gasteiger charge is -2.18. The van der Waals surface area contributed by atoms with Crippen LogP contribution in [0.1, 0.15) is 25.3 Å². The van der Waals surface area contributed by atoms with Gasteiger partial charge in [-0.05, 0) is 40.0 Å². The van der Waals surface area contributed by atoms with E-state index in [1.165, 1.54) is 0 Å². The molecule has 1 aromatic carbocycles. The SMILES string of the molecule is CCCC(COC)NS(=O)(=O)c1cc(CN)ccc1Br. The van der Waals surface area contributed by atoms with Gasteiger partial charge >= 0.3 is 0 Å². The second-order valence-corrected chi connectivity index (χ2v) is 7.07. The van der Waals surface area contributed by atoms with Gasteiger partial charge in [0.05, 0.1) is 11.5 Å². The van der Waals surface area contributed by atoms with Crippen molar-refractivity contribution in [1.82, 2.24) is 4.72 Å². The quantitative estimate of drug-likeness (QED) is 0.738. The maximum Gasteiger partial charge on any atom is 0.242 e. The average Bonchev–Trinajstić information content (AvgIpc) is 2.39. The molecule has 0 heterocycles. The summed E-state index contributed by atoms with van der Waals surface area (Å²) in [6, 6.07) is 4.84. The molecule has 7 heteroatoms. The molecule has 0 aliphatic carbocycles. The molecule has 1 unspecified atom stereocenters. The van der Waals surface area contributed by atoms with Crippen LogP contribution in [0.4, 0.5) is 0 Å². The van der Waals surface area contributed by atoms with Crippen molar-refractivity contribution in [3.05, 3.63) is 28.2 Å². The Morgan fingerprint density at radius 3 is 2.70 bits per heavy atom. The van der Waals surface area contributed by atoms with Crippen LogP contribution in [0.2, 0.25) is 0 Å². The first-order valence-electron chi connectivity index (χ1n) is 6.44. The van der Waals surface area contributed by atoms with E-state index < -0.39 is 10.0 Å². The van der Waals surface area contributed by atoms with Crippen LogP contribution in [-0.2, 0) is 21.3 Å². The van der Waals surface area contributed by atoms with Crippen LogP contribution in [-0.4, -0.2) is 28.2 Å². The van der Waals surface area contributed by atoms with Crippen molar-refractivity contribution in [2.24, 2.45) is 5.73 Å².